The van der Waals surface area contributed by atoms with Crippen LogP contribution in [0.15, 0.2) is 41.5 Å². The van der Waals surface area contributed by atoms with Crippen molar-refractivity contribution in [3.05, 3.63) is 47.1 Å². The van der Waals surface area contributed by atoms with E-state index in [0.717, 1.165) is 11.3 Å². The number of hydrogen-bond acceptors (Lipinski definition) is 3. The first-order valence-corrected chi connectivity index (χ1v) is 6.60. The molecule has 1 N–H and O–H groups in total. The fraction of sp³-hybridized carbons (Fsp3) is 0.133. The molecular weight excluding hydrogens is 288 g/mol. The predicted molar refractivity (Wildman–Crippen MR) is 81.8 cm³/mol. The number of hydrogen-bond donors (Lipinski definition) is 1. The fourth-order valence-corrected chi connectivity index (χ4v) is 2.06. The Morgan fingerprint density at radius 2 is 2.19 bits per heavy atom. The van der Waals surface area contributed by atoms with Gasteiger partial charge in [0, 0.05) is 18.3 Å². The number of halogens is 1. The van der Waals surface area contributed by atoms with Gasteiger partial charge < -0.3 is 4.57 Å². The first-order valence-electron chi connectivity index (χ1n) is 6.23. The lowest BCUT2D eigenvalue weighted by Gasteiger charge is -2.03. The summed E-state index contributed by atoms with van der Waals surface area (Å²) >= 11 is 6.25. The summed E-state index contributed by atoms with van der Waals surface area (Å²) in [5.74, 6) is -0.455. The Morgan fingerprint density at radius 1 is 1.48 bits per heavy atom. The van der Waals surface area contributed by atoms with Gasteiger partial charge in [0.05, 0.1) is 12.3 Å². The molecule has 0 radical (unpaired) electrons. The number of benzene rings is 1. The van der Waals surface area contributed by atoms with Gasteiger partial charge in [-0.2, -0.15) is 10.4 Å². The van der Waals surface area contributed by atoms with Gasteiger partial charge in [0.15, 0.2) is 0 Å². The van der Waals surface area contributed by atoms with E-state index in [1.807, 2.05) is 48.0 Å². The van der Waals surface area contributed by atoms with E-state index in [-0.39, 0.29) is 6.42 Å². The molecule has 0 unspecified atom stereocenters. The van der Waals surface area contributed by atoms with E-state index in [9.17, 15) is 4.79 Å². The molecule has 6 heteroatoms. The van der Waals surface area contributed by atoms with Gasteiger partial charge >= 0.3 is 0 Å². The number of nitriles is 1. The highest BCUT2D eigenvalue weighted by atomic mass is 35.5. The second kappa shape index (κ2) is 6.73. The van der Waals surface area contributed by atoms with Gasteiger partial charge in [-0.05, 0) is 11.6 Å². The van der Waals surface area contributed by atoms with Crippen molar-refractivity contribution in [1.82, 2.24) is 9.99 Å². The van der Waals surface area contributed by atoms with Crippen LogP contribution in [0.5, 0.6) is 0 Å². The number of carbonyl (C=O) groups is 1. The van der Waals surface area contributed by atoms with Gasteiger partial charge in [0.1, 0.15) is 11.6 Å². The van der Waals surface area contributed by atoms with Crippen molar-refractivity contribution >= 4 is 23.7 Å². The number of hydrazone groups is 1. The number of aromatic nitrogens is 1. The Kier molecular flexibility index (Phi) is 4.75. The summed E-state index contributed by atoms with van der Waals surface area (Å²) < 4.78 is 1.84. The van der Waals surface area contributed by atoms with Gasteiger partial charge in [0.25, 0.3) is 5.91 Å². The second-order valence-electron chi connectivity index (χ2n) is 4.33. The van der Waals surface area contributed by atoms with E-state index >= 15 is 0 Å². The minimum atomic E-state index is -0.455. The molecule has 0 aliphatic carbocycles. The van der Waals surface area contributed by atoms with Crippen molar-refractivity contribution in [1.29, 1.82) is 5.26 Å². The van der Waals surface area contributed by atoms with Crippen LogP contribution in [0.1, 0.15) is 12.0 Å². The maximum atomic E-state index is 11.1. The van der Waals surface area contributed by atoms with Crippen LogP contribution in [0, 0.1) is 11.3 Å². The van der Waals surface area contributed by atoms with Crippen LogP contribution >= 0.6 is 11.6 Å². The summed E-state index contributed by atoms with van der Waals surface area (Å²) in [5.41, 5.74) is 4.94. The first kappa shape index (κ1) is 14.8. The minimum absolute atomic E-state index is 0.227. The lowest BCUT2D eigenvalue weighted by Crippen LogP contribution is -2.16. The molecule has 1 heterocycles. The highest BCUT2D eigenvalue weighted by Crippen LogP contribution is 2.27. The number of carbonyl (C=O) groups excluding carboxylic acids is 1. The lowest BCUT2D eigenvalue weighted by molar-refractivity contribution is -0.120. The van der Waals surface area contributed by atoms with Crippen LogP contribution in [0.4, 0.5) is 0 Å². The van der Waals surface area contributed by atoms with E-state index in [0.29, 0.717) is 10.7 Å². The predicted octanol–water partition coefficient (Wildman–Crippen LogP) is 2.71. The van der Waals surface area contributed by atoms with E-state index < -0.39 is 5.91 Å². The quantitative estimate of drug-likeness (QED) is 0.696. The molecule has 1 aromatic carbocycles. The zero-order chi connectivity index (χ0) is 15.2. The van der Waals surface area contributed by atoms with Crippen molar-refractivity contribution in [2.45, 2.75) is 6.42 Å². The summed E-state index contributed by atoms with van der Waals surface area (Å²) in [5, 5.41) is 12.7. The molecule has 0 spiro atoms. The molecule has 0 aliphatic heterocycles. The van der Waals surface area contributed by atoms with Crippen molar-refractivity contribution < 1.29 is 4.79 Å². The standard InChI is InChI=1S/C15H13ClN4O/c1-20-13(11-5-3-2-4-6-11)9-12(15(20)16)10-18-19-14(21)7-8-17/h2-6,9-10H,7H2,1H3,(H,19,21)/b18-10+. The number of nitrogens with zero attached hydrogens (tertiary/aromatic N) is 3. The van der Waals surface area contributed by atoms with E-state index in [1.165, 1.54) is 6.21 Å². The molecule has 0 saturated heterocycles. The summed E-state index contributed by atoms with van der Waals surface area (Å²) in [4.78, 5) is 11.1. The average Bonchev–Trinajstić information content (AvgIpc) is 2.77. The fourth-order valence-electron chi connectivity index (χ4n) is 1.86. The highest BCUT2D eigenvalue weighted by molar-refractivity contribution is 6.32. The van der Waals surface area contributed by atoms with Crippen LogP contribution in [-0.2, 0) is 11.8 Å². The number of nitrogens with one attached hydrogen (secondary N) is 1. The van der Waals surface area contributed by atoms with E-state index in [2.05, 4.69) is 10.5 Å². The van der Waals surface area contributed by atoms with Gasteiger partial charge in [0.2, 0.25) is 0 Å². The van der Waals surface area contributed by atoms with Crippen LogP contribution < -0.4 is 5.43 Å². The van der Waals surface area contributed by atoms with Crippen molar-refractivity contribution in [2.75, 3.05) is 0 Å². The molecule has 0 bridgehead atoms. The maximum Gasteiger partial charge on any atom is 0.254 e. The average molecular weight is 301 g/mol. The Balaban J connectivity index is 2.21. The van der Waals surface area contributed by atoms with Crippen molar-refractivity contribution in [3.8, 4) is 17.3 Å². The van der Waals surface area contributed by atoms with Gasteiger partial charge in [-0.1, -0.05) is 41.9 Å². The summed E-state index contributed by atoms with van der Waals surface area (Å²) in [6.07, 6.45) is 1.24. The summed E-state index contributed by atoms with van der Waals surface area (Å²) in [6.45, 7) is 0. The molecule has 21 heavy (non-hydrogen) atoms. The zero-order valence-corrected chi connectivity index (χ0v) is 12.1. The monoisotopic (exact) mass is 300 g/mol. The molecule has 5 nitrogen and oxygen atoms in total. The SMILES string of the molecule is Cn1c(-c2ccccc2)cc(/C=N/NC(=O)CC#N)c1Cl. The van der Waals surface area contributed by atoms with Gasteiger partial charge in [-0.15, -0.1) is 0 Å². The largest absolute Gasteiger partial charge is 0.334 e. The number of amides is 1. The van der Waals surface area contributed by atoms with Gasteiger partial charge in [-0.25, -0.2) is 5.43 Å². The molecule has 1 aromatic heterocycles. The molecule has 0 saturated carbocycles. The lowest BCUT2D eigenvalue weighted by atomic mass is 10.1. The van der Waals surface area contributed by atoms with E-state index in [1.54, 1.807) is 6.07 Å². The third-order valence-electron chi connectivity index (χ3n) is 2.89. The highest BCUT2D eigenvalue weighted by Gasteiger charge is 2.10. The Labute approximate surface area is 127 Å². The topological polar surface area (TPSA) is 70.2 Å². The molecule has 0 aliphatic rings. The third kappa shape index (κ3) is 3.50. The van der Waals surface area contributed by atoms with Crippen LogP contribution in [0.2, 0.25) is 5.15 Å². The zero-order valence-electron chi connectivity index (χ0n) is 11.4. The Bertz CT molecular complexity index is 713. The molecule has 0 atom stereocenters. The van der Waals surface area contributed by atoms with E-state index in [4.69, 9.17) is 16.9 Å². The molecule has 1 amide bonds. The van der Waals surface area contributed by atoms with Gasteiger partial charge in [-0.3, -0.25) is 4.79 Å². The molecular formula is C15H13ClN4O. The second-order valence-corrected chi connectivity index (χ2v) is 4.69. The van der Waals surface area contributed by atoms with Crippen LogP contribution in [0.25, 0.3) is 11.3 Å². The summed E-state index contributed by atoms with van der Waals surface area (Å²) in [6, 6.07) is 13.5. The maximum absolute atomic E-state index is 11.1. The van der Waals surface area contributed by atoms with Crippen molar-refractivity contribution in [3.63, 3.8) is 0 Å². The molecule has 0 fully saturated rings. The third-order valence-corrected chi connectivity index (χ3v) is 3.36. The first-order chi connectivity index (χ1) is 10.1. The van der Waals surface area contributed by atoms with Crippen LogP contribution in [0.3, 0.4) is 0 Å². The smallest absolute Gasteiger partial charge is 0.254 e. The van der Waals surface area contributed by atoms with Crippen LogP contribution in [-0.4, -0.2) is 16.7 Å². The Morgan fingerprint density at radius 3 is 2.86 bits per heavy atom. The minimum Gasteiger partial charge on any atom is -0.334 e. The van der Waals surface area contributed by atoms with Crippen molar-refractivity contribution in [2.24, 2.45) is 12.1 Å². The normalized spacial score (nSPS) is 10.5. The Hall–Kier alpha value is -2.58. The summed E-state index contributed by atoms with van der Waals surface area (Å²) in [7, 11) is 1.86. The molecule has 2 rings (SSSR count). The molecule has 106 valence electrons. The molecule has 2 aromatic rings. The number of rotatable bonds is 4.